The van der Waals surface area contributed by atoms with Gasteiger partial charge in [0, 0.05) is 22.1 Å². The molecule has 1 aromatic heterocycles. The third kappa shape index (κ3) is 3.88. The Morgan fingerprint density at radius 3 is 2.62 bits per heavy atom. The van der Waals surface area contributed by atoms with Gasteiger partial charge in [-0.3, -0.25) is 4.79 Å². The quantitative estimate of drug-likeness (QED) is 0.655. The standard InChI is InChI=1S/C19H17BrN2O4/c1-24-15-6-3-12(4-7-15)18-17(22-11-26-18)19(23)21-10-13-9-14(20)5-8-16(13)25-2/h3-9,11H,10H2,1-2H3,(H,21,23). The Labute approximate surface area is 159 Å². The Balaban J connectivity index is 1.77. The lowest BCUT2D eigenvalue weighted by Crippen LogP contribution is -2.24. The van der Waals surface area contributed by atoms with E-state index in [2.05, 4.69) is 26.2 Å². The minimum absolute atomic E-state index is 0.226. The van der Waals surface area contributed by atoms with Crippen LogP contribution in [-0.2, 0) is 6.54 Å². The van der Waals surface area contributed by atoms with Crippen molar-refractivity contribution in [3.05, 3.63) is 64.6 Å². The number of methoxy groups -OCH3 is 2. The second-order valence-corrected chi connectivity index (χ2v) is 6.31. The Hall–Kier alpha value is -2.80. The van der Waals surface area contributed by atoms with Gasteiger partial charge in [0.05, 0.1) is 14.2 Å². The Kier molecular flexibility index (Phi) is 5.58. The fourth-order valence-corrected chi connectivity index (χ4v) is 2.91. The van der Waals surface area contributed by atoms with Gasteiger partial charge in [0.2, 0.25) is 0 Å². The van der Waals surface area contributed by atoms with Crippen LogP contribution in [0.15, 0.2) is 57.7 Å². The van der Waals surface area contributed by atoms with Crippen LogP contribution in [0.5, 0.6) is 11.5 Å². The highest BCUT2D eigenvalue weighted by Crippen LogP contribution is 2.26. The van der Waals surface area contributed by atoms with Crippen molar-refractivity contribution in [1.29, 1.82) is 0 Å². The predicted molar refractivity (Wildman–Crippen MR) is 100 cm³/mol. The van der Waals surface area contributed by atoms with Gasteiger partial charge in [-0.25, -0.2) is 4.98 Å². The van der Waals surface area contributed by atoms with E-state index in [0.717, 1.165) is 21.3 Å². The maximum absolute atomic E-state index is 12.6. The summed E-state index contributed by atoms with van der Waals surface area (Å²) in [5.74, 6) is 1.50. The molecule has 134 valence electrons. The SMILES string of the molecule is COc1ccc(-c2ocnc2C(=O)NCc2cc(Br)ccc2OC)cc1. The van der Waals surface area contributed by atoms with Crippen molar-refractivity contribution in [2.24, 2.45) is 0 Å². The van der Waals surface area contributed by atoms with E-state index in [1.165, 1.54) is 6.39 Å². The molecule has 1 heterocycles. The molecule has 0 saturated heterocycles. The summed E-state index contributed by atoms with van der Waals surface area (Å²) in [6.45, 7) is 0.302. The first-order valence-corrected chi connectivity index (χ1v) is 8.60. The molecular formula is C19H17BrN2O4. The summed E-state index contributed by atoms with van der Waals surface area (Å²) in [4.78, 5) is 16.6. The molecule has 6 nitrogen and oxygen atoms in total. The predicted octanol–water partition coefficient (Wildman–Crippen LogP) is 4.05. The highest BCUT2D eigenvalue weighted by atomic mass is 79.9. The molecule has 1 amide bonds. The van der Waals surface area contributed by atoms with Crippen LogP contribution in [0, 0.1) is 0 Å². The van der Waals surface area contributed by atoms with Gasteiger partial charge in [0.15, 0.2) is 17.8 Å². The number of halogens is 1. The first kappa shape index (κ1) is 18.0. The van der Waals surface area contributed by atoms with Crippen LogP contribution in [-0.4, -0.2) is 25.1 Å². The van der Waals surface area contributed by atoms with Gasteiger partial charge in [0.25, 0.3) is 5.91 Å². The molecule has 0 saturated carbocycles. The molecule has 0 bridgehead atoms. The molecule has 7 heteroatoms. The number of nitrogens with one attached hydrogen (secondary N) is 1. The van der Waals surface area contributed by atoms with Gasteiger partial charge >= 0.3 is 0 Å². The maximum Gasteiger partial charge on any atom is 0.274 e. The monoisotopic (exact) mass is 416 g/mol. The number of hydrogen-bond donors (Lipinski definition) is 1. The highest BCUT2D eigenvalue weighted by Gasteiger charge is 2.18. The number of oxazole rings is 1. The zero-order valence-electron chi connectivity index (χ0n) is 14.3. The van der Waals surface area contributed by atoms with Crippen molar-refractivity contribution in [3.8, 4) is 22.8 Å². The van der Waals surface area contributed by atoms with Crippen LogP contribution in [0.2, 0.25) is 0 Å². The number of carbonyl (C=O) groups is 1. The molecule has 26 heavy (non-hydrogen) atoms. The van der Waals surface area contributed by atoms with Gasteiger partial charge in [0.1, 0.15) is 11.5 Å². The summed E-state index contributed by atoms with van der Waals surface area (Å²) in [5, 5.41) is 2.85. The molecular weight excluding hydrogens is 400 g/mol. The Morgan fingerprint density at radius 1 is 1.15 bits per heavy atom. The van der Waals surface area contributed by atoms with E-state index in [4.69, 9.17) is 13.9 Å². The summed E-state index contributed by atoms with van der Waals surface area (Å²) < 4.78 is 16.8. The molecule has 3 rings (SSSR count). The number of ether oxygens (including phenoxy) is 2. The second kappa shape index (κ2) is 8.05. The number of carbonyl (C=O) groups excluding carboxylic acids is 1. The number of aromatic nitrogens is 1. The average Bonchev–Trinajstić information content (AvgIpc) is 3.16. The summed E-state index contributed by atoms with van der Waals surface area (Å²) in [6, 6.07) is 12.8. The smallest absolute Gasteiger partial charge is 0.274 e. The number of nitrogens with zero attached hydrogens (tertiary/aromatic N) is 1. The number of benzene rings is 2. The zero-order chi connectivity index (χ0) is 18.5. The normalized spacial score (nSPS) is 10.4. The van der Waals surface area contributed by atoms with Gasteiger partial charge in [-0.05, 0) is 42.5 Å². The second-order valence-electron chi connectivity index (χ2n) is 5.40. The van der Waals surface area contributed by atoms with Crippen LogP contribution in [0.4, 0.5) is 0 Å². The van der Waals surface area contributed by atoms with Gasteiger partial charge in [-0.15, -0.1) is 0 Å². The maximum atomic E-state index is 12.6. The minimum Gasteiger partial charge on any atom is -0.497 e. The summed E-state index contributed by atoms with van der Waals surface area (Å²) in [7, 11) is 3.19. The van der Waals surface area contributed by atoms with Gasteiger partial charge in [-0.1, -0.05) is 15.9 Å². The van der Waals surface area contributed by atoms with E-state index in [0.29, 0.717) is 18.1 Å². The van der Waals surface area contributed by atoms with E-state index in [1.54, 1.807) is 26.4 Å². The molecule has 0 unspecified atom stereocenters. The van der Waals surface area contributed by atoms with Crippen LogP contribution >= 0.6 is 15.9 Å². The molecule has 1 N–H and O–H groups in total. The Morgan fingerprint density at radius 2 is 1.92 bits per heavy atom. The van der Waals surface area contributed by atoms with Gasteiger partial charge in [-0.2, -0.15) is 0 Å². The van der Waals surface area contributed by atoms with Crippen molar-refractivity contribution in [2.75, 3.05) is 14.2 Å². The number of amides is 1. The molecule has 0 radical (unpaired) electrons. The summed E-state index contributed by atoms with van der Waals surface area (Å²) >= 11 is 3.42. The fraction of sp³-hybridized carbons (Fsp3) is 0.158. The molecule has 3 aromatic rings. The summed E-state index contributed by atoms with van der Waals surface area (Å²) in [5.41, 5.74) is 1.82. The lowest BCUT2D eigenvalue weighted by molar-refractivity contribution is 0.0946. The molecule has 2 aromatic carbocycles. The van der Waals surface area contributed by atoms with Crippen molar-refractivity contribution < 1.29 is 18.7 Å². The number of hydrogen-bond acceptors (Lipinski definition) is 5. The zero-order valence-corrected chi connectivity index (χ0v) is 15.9. The molecule has 0 atom stereocenters. The van der Waals surface area contributed by atoms with Crippen LogP contribution in [0.25, 0.3) is 11.3 Å². The van der Waals surface area contributed by atoms with Crippen LogP contribution < -0.4 is 14.8 Å². The first-order chi connectivity index (χ1) is 12.6. The van der Waals surface area contributed by atoms with Crippen molar-refractivity contribution in [3.63, 3.8) is 0 Å². The minimum atomic E-state index is -0.327. The molecule has 0 aliphatic carbocycles. The summed E-state index contributed by atoms with van der Waals surface area (Å²) in [6.07, 6.45) is 1.26. The third-order valence-corrected chi connectivity index (χ3v) is 4.31. The lowest BCUT2D eigenvalue weighted by atomic mass is 10.1. The molecule has 0 aliphatic heterocycles. The average molecular weight is 417 g/mol. The van der Waals surface area contributed by atoms with Crippen molar-refractivity contribution in [2.45, 2.75) is 6.54 Å². The van der Waals surface area contributed by atoms with Crippen molar-refractivity contribution in [1.82, 2.24) is 10.3 Å². The van der Waals surface area contributed by atoms with Gasteiger partial charge < -0.3 is 19.2 Å². The topological polar surface area (TPSA) is 73.6 Å². The molecule has 0 aliphatic rings. The third-order valence-electron chi connectivity index (χ3n) is 3.82. The van der Waals surface area contributed by atoms with E-state index in [9.17, 15) is 4.79 Å². The highest BCUT2D eigenvalue weighted by molar-refractivity contribution is 9.10. The lowest BCUT2D eigenvalue weighted by Gasteiger charge is -2.10. The Bertz CT molecular complexity index is 906. The van der Waals surface area contributed by atoms with E-state index >= 15 is 0 Å². The van der Waals surface area contributed by atoms with Crippen molar-refractivity contribution >= 4 is 21.8 Å². The van der Waals surface area contributed by atoms with E-state index in [-0.39, 0.29) is 11.6 Å². The molecule has 0 spiro atoms. The first-order valence-electron chi connectivity index (χ1n) is 7.81. The largest absolute Gasteiger partial charge is 0.497 e. The van der Waals surface area contributed by atoms with E-state index in [1.807, 2.05) is 30.3 Å². The fourth-order valence-electron chi connectivity index (χ4n) is 2.50. The number of rotatable bonds is 6. The molecule has 0 fully saturated rings. The van der Waals surface area contributed by atoms with Crippen LogP contribution in [0.1, 0.15) is 16.1 Å². The van der Waals surface area contributed by atoms with E-state index < -0.39 is 0 Å². The van der Waals surface area contributed by atoms with Crippen LogP contribution in [0.3, 0.4) is 0 Å².